The molecule has 3 aromatic heterocycles. The highest BCUT2D eigenvalue weighted by molar-refractivity contribution is 7.17. The van der Waals surface area contributed by atoms with Gasteiger partial charge in [0.25, 0.3) is 0 Å². The molecule has 3 aromatic rings. The normalized spacial score (nSPS) is 23.8. The minimum Gasteiger partial charge on any atom is -0.492 e. The number of fused-ring (bicyclic) bond motifs is 1. The van der Waals surface area contributed by atoms with Crippen molar-refractivity contribution in [3.63, 3.8) is 0 Å². The van der Waals surface area contributed by atoms with E-state index in [1.807, 2.05) is 6.92 Å². The summed E-state index contributed by atoms with van der Waals surface area (Å²) in [6, 6.07) is 4.19. The SMILES string of the molecule is Cc1nc2sc([C@H](c3cccs3)N3C[C@@H](C)O[C@H](C)C3)c(O)n2n1. The van der Waals surface area contributed by atoms with E-state index in [9.17, 15) is 5.11 Å². The third-order valence-electron chi connectivity index (χ3n) is 4.18. The van der Waals surface area contributed by atoms with Gasteiger partial charge in [-0.25, -0.2) is 4.98 Å². The largest absolute Gasteiger partial charge is 0.492 e. The van der Waals surface area contributed by atoms with Crippen molar-refractivity contribution in [1.82, 2.24) is 19.5 Å². The zero-order chi connectivity index (χ0) is 16.8. The van der Waals surface area contributed by atoms with E-state index in [4.69, 9.17) is 4.74 Å². The molecule has 0 spiro atoms. The van der Waals surface area contributed by atoms with Crippen LogP contribution in [0.4, 0.5) is 0 Å². The first-order chi connectivity index (χ1) is 11.5. The van der Waals surface area contributed by atoms with Crippen LogP contribution < -0.4 is 0 Å². The average molecular weight is 364 g/mol. The van der Waals surface area contributed by atoms with Gasteiger partial charge in [-0.3, -0.25) is 4.90 Å². The first kappa shape index (κ1) is 16.0. The highest BCUT2D eigenvalue weighted by atomic mass is 32.1. The second-order valence-electron chi connectivity index (χ2n) is 6.27. The minimum absolute atomic E-state index is 0.00704. The van der Waals surface area contributed by atoms with Crippen LogP contribution >= 0.6 is 22.7 Å². The molecule has 0 aromatic carbocycles. The van der Waals surface area contributed by atoms with Crippen molar-refractivity contribution in [2.24, 2.45) is 0 Å². The molecule has 3 atom stereocenters. The summed E-state index contributed by atoms with van der Waals surface area (Å²) in [6.07, 6.45) is 0.338. The van der Waals surface area contributed by atoms with Crippen LogP contribution in [0.25, 0.3) is 4.96 Å². The Bertz CT molecular complexity index is 832. The van der Waals surface area contributed by atoms with Gasteiger partial charge < -0.3 is 9.84 Å². The first-order valence-electron chi connectivity index (χ1n) is 8.01. The molecule has 8 heteroatoms. The number of ether oxygens (including phenoxy) is 1. The van der Waals surface area contributed by atoms with Gasteiger partial charge in [-0.05, 0) is 32.2 Å². The van der Waals surface area contributed by atoms with Crippen LogP contribution in [0.2, 0.25) is 0 Å². The Morgan fingerprint density at radius 1 is 1.33 bits per heavy atom. The number of aryl methyl sites for hydroxylation is 1. The molecule has 0 amide bonds. The van der Waals surface area contributed by atoms with E-state index >= 15 is 0 Å². The maximum absolute atomic E-state index is 10.8. The number of thiophene rings is 1. The number of nitrogens with zero attached hydrogens (tertiary/aromatic N) is 4. The fraction of sp³-hybridized carbons (Fsp3) is 0.500. The molecule has 0 unspecified atom stereocenters. The average Bonchev–Trinajstić information content (AvgIpc) is 3.20. The number of hydrogen-bond acceptors (Lipinski definition) is 7. The van der Waals surface area contributed by atoms with Crippen molar-refractivity contribution < 1.29 is 9.84 Å². The van der Waals surface area contributed by atoms with Crippen LogP contribution in [0.3, 0.4) is 0 Å². The van der Waals surface area contributed by atoms with Gasteiger partial charge in [0.15, 0.2) is 0 Å². The van der Waals surface area contributed by atoms with Crippen molar-refractivity contribution >= 4 is 27.6 Å². The molecule has 1 saturated heterocycles. The Labute approximate surface area is 148 Å². The first-order valence-corrected chi connectivity index (χ1v) is 9.70. The van der Waals surface area contributed by atoms with Crippen molar-refractivity contribution in [1.29, 1.82) is 0 Å². The molecule has 1 aliphatic rings. The summed E-state index contributed by atoms with van der Waals surface area (Å²) in [5, 5.41) is 17.1. The molecule has 4 heterocycles. The van der Waals surface area contributed by atoms with E-state index in [1.54, 1.807) is 15.9 Å². The second kappa shape index (κ2) is 6.11. The summed E-state index contributed by atoms with van der Waals surface area (Å²) in [7, 11) is 0. The van der Waals surface area contributed by atoms with Crippen LogP contribution in [0.15, 0.2) is 17.5 Å². The maximum Gasteiger partial charge on any atom is 0.230 e. The van der Waals surface area contributed by atoms with Gasteiger partial charge in [0.2, 0.25) is 10.8 Å². The van der Waals surface area contributed by atoms with E-state index in [0.29, 0.717) is 5.82 Å². The van der Waals surface area contributed by atoms with Gasteiger partial charge in [0.1, 0.15) is 5.82 Å². The monoisotopic (exact) mass is 364 g/mol. The van der Waals surface area contributed by atoms with Crippen LogP contribution in [0.5, 0.6) is 5.88 Å². The standard InChI is InChI=1S/C16H20N4O2S2/c1-9-7-19(8-10(2)22-9)13(12-5-4-6-23-12)14-15(21)20-16(24-14)17-11(3)18-20/h4-6,9-10,13,21H,7-8H2,1-3H3/t9-,10-,13+/m1/s1. The number of morpholine rings is 1. The van der Waals surface area contributed by atoms with Gasteiger partial charge >= 0.3 is 0 Å². The van der Waals surface area contributed by atoms with Gasteiger partial charge in [-0.2, -0.15) is 4.52 Å². The molecule has 0 bridgehead atoms. The van der Waals surface area contributed by atoms with Crippen molar-refractivity contribution in [3.8, 4) is 5.88 Å². The van der Waals surface area contributed by atoms with Gasteiger partial charge in [0.05, 0.1) is 23.1 Å². The van der Waals surface area contributed by atoms with Crippen LogP contribution in [-0.4, -0.2) is 49.9 Å². The molecule has 24 heavy (non-hydrogen) atoms. The summed E-state index contributed by atoms with van der Waals surface area (Å²) >= 11 is 3.22. The van der Waals surface area contributed by atoms with E-state index in [1.165, 1.54) is 16.2 Å². The molecule has 128 valence electrons. The summed E-state index contributed by atoms with van der Waals surface area (Å²) in [5.74, 6) is 0.866. The van der Waals surface area contributed by atoms with Crippen molar-refractivity contribution in [3.05, 3.63) is 33.1 Å². The molecule has 0 radical (unpaired) electrons. The highest BCUT2D eigenvalue weighted by Crippen LogP contribution is 2.42. The predicted octanol–water partition coefficient (Wildman–Crippen LogP) is 3.06. The maximum atomic E-state index is 10.8. The highest BCUT2D eigenvalue weighted by Gasteiger charge is 2.34. The summed E-state index contributed by atoms with van der Waals surface area (Å²) in [5.41, 5.74) is 0. The fourth-order valence-electron chi connectivity index (χ4n) is 3.38. The van der Waals surface area contributed by atoms with Crippen molar-refractivity contribution in [2.75, 3.05) is 13.1 Å². The number of rotatable bonds is 3. The van der Waals surface area contributed by atoms with E-state index in [2.05, 4.69) is 46.3 Å². The lowest BCUT2D eigenvalue weighted by Gasteiger charge is -2.39. The Balaban J connectivity index is 1.80. The zero-order valence-corrected chi connectivity index (χ0v) is 15.5. The Morgan fingerprint density at radius 2 is 2.08 bits per heavy atom. The third kappa shape index (κ3) is 2.73. The summed E-state index contributed by atoms with van der Waals surface area (Å²) in [4.78, 5) is 9.64. The molecule has 1 fully saturated rings. The molecule has 0 saturated carbocycles. The Morgan fingerprint density at radius 3 is 2.71 bits per heavy atom. The molecular formula is C16H20N4O2S2. The fourth-order valence-corrected chi connectivity index (χ4v) is 5.47. The molecule has 1 aliphatic heterocycles. The lowest BCUT2D eigenvalue weighted by molar-refractivity contribution is -0.0761. The second-order valence-corrected chi connectivity index (χ2v) is 8.26. The van der Waals surface area contributed by atoms with E-state index < -0.39 is 0 Å². The Kier molecular flexibility index (Phi) is 4.07. The van der Waals surface area contributed by atoms with Gasteiger partial charge in [-0.1, -0.05) is 17.4 Å². The number of thiazole rings is 1. The van der Waals surface area contributed by atoms with Gasteiger partial charge in [0, 0.05) is 18.0 Å². The smallest absolute Gasteiger partial charge is 0.230 e. The van der Waals surface area contributed by atoms with Gasteiger partial charge in [-0.15, -0.1) is 16.4 Å². The molecule has 4 rings (SSSR count). The van der Waals surface area contributed by atoms with Crippen molar-refractivity contribution in [2.45, 2.75) is 39.0 Å². The lowest BCUT2D eigenvalue weighted by atomic mass is 10.1. The topological polar surface area (TPSA) is 62.9 Å². The zero-order valence-electron chi connectivity index (χ0n) is 13.8. The van der Waals surface area contributed by atoms with E-state index in [0.717, 1.165) is 22.9 Å². The minimum atomic E-state index is 0.00704. The molecular weight excluding hydrogens is 344 g/mol. The summed E-state index contributed by atoms with van der Waals surface area (Å²) in [6.45, 7) is 7.69. The molecule has 6 nitrogen and oxygen atoms in total. The summed E-state index contributed by atoms with van der Waals surface area (Å²) < 4.78 is 7.43. The van der Waals surface area contributed by atoms with Crippen LogP contribution in [0.1, 0.15) is 35.5 Å². The third-order valence-corrected chi connectivity index (χ3v) is 6.18. The van der Waals surface area contributed by atoms with Crippen LogP contribution in [-0.2, 0) is 4.74 Å². The Hall–Kier alpha value is -1.48. The molecule has 0 aliphatic carbocycles. The number of hydrogen-bond donors (Lipinski definition) is 1. The predicted molar refractivity (Wildman–Crippen MR) is 95.0 cm³/mol. The quantitative estimate of drug-likeness (QED) is 0.774. The number of aromatic hydroxyl groups is 1. The lowest BCUT2D eigenvalue weighted by Crippen LogP contribution is -2.46. The van der Waals surface area contributed by atoms with Crippen LogP contribution in [0, 0.1) is 6.92 Å². The number of aromatic nitrogens is 3. The van der Waals surface area contributed by atoms with E-state index in [-0.39, 0.29) is 24.1 Å². The molecule has 1 N–H and O–H groups in total.